The number of halogens is 2. The molecule has 2 rings (SSSR count). The van der Waals surface area contributed by atoms with Crippen molar-refractivity contribution in [1.82, 2.24) is 15.1 Å². The lowest BCUT2D eigenvalue weighted by atomic mass is 10.4. The molecule has 0 atom stereocenters. The van der Waals surface area contributed by atoms with E-state index in [0.29, 0.717) is 0 Å². The second-order valence-electron chi connectivity index (χ2n) is 3.28. The van der Waals surface area contributed by atoms with Gasteiger partial charge < -0.3 is 5.32 Å². The van der Waals surface area contributed by atoms with Crippen LogP contribution in [0.1, 0.15) is 4.88 Å². The molecule has 0 radical (unpaired) electrons. The van der Waals surface area contributed by atoms with Gasteiger partial charge in [0.05, 0.1) is 6.54 Å². The quantitative estimate of drug-likeness (QED) is 0.858. The molecule has 0 aromatic carbocycles. The summed E-state index contributed by atoms with van der Waals surface area (Å²) in [5.74, 6) is 0. The van der Waals surface area contributed by atoms with E-state index < -0.39 is 0 Å². The van der Waals surface area contributed by atoms with Crippen LogP contribution < -0.4 is 5.32 Å². The molecule has 16 heavy (non-hydrogen) atoms. The highest BCUT2D eigenvalue weighted by atomic mass is 79.9. The Hall–Kier alpha value is -0.360. The van der Waals surface area contributed by atoms with Gasteiger partial charge >= 0.3 is 0 Å². The summed E-state index contributed by atoms with van der Waals surface area (Å²) in [6.07, 6.45) is 3.75. The fourth-order valence-corrected chi connectivity index (χ4v) is 3.08. The Morgan fingerprint density at radius 2 is 2.44 bits per heavy atom. The lowest BCUT2D eigenvalue weighted by Crippen LogP contribution is -2.19. The maximum atomic E-state index is 5.95. The summed E-state index contributed by atoms with van der Waals surface area (Å²) >= 11 is 10.9. The van der Waals surface area contributed by atoms with Gasteiger partial charge in [0.2, 0.25) is 0 Å². The lowest BCUT2D eigenvalue weighted by Gasteiger charge is -2.02. The standard InChI is InChI=1S/C10H11BrClN3S/c11-9-6-8(16-10(9)12)7-13-3-5-15-4-1-2-14-15/h1-2,4,6,13H,3,5,7H2. The zero-order chi connectivity index (χ0) is 11.4. The third-order valence-corrected chi connectivity index (χ3v) is 4.55. The zero-order valence-corrected chi connectivity index (χ0v) is 11.6. The van der Waals surface area contributed by atoms with Gasteiger partial charge in [0.15, 0.2) is 0 Å². The Morgan fingerprint density at radius 1 is 1.56 bits per heavy atom. The summed E-state index contributed by atoms with van der Waals surface area (Å²) in [6.45, 7) is 2.62. The minimum Gasteiger partial charge on any atom is -0.310 e. The zero-order valence-electron chi connectivity index (χ0n) is 8.49. The normalized spacial score (nSPS) is 10.9. The maximum Gasteiger partial charge on any atom is 0.107 e. The first-order valence-electron chi connectivity index (χ1n) is 4.87. The minimum absolute atomic E-state index is 0.809. The second kappa shape index (κ2) is 5.82. The smallest absolute Gasteiger partial charge is 0.107 e. The van der Waals surface area contributed by atoms with Crippen LogP contribution in [0.4, 0.5) is 0 Å². The minimum atomic E-state index is 0.809. The average molecular weight is 321 g/mol. The topological polar surface area (TPSA) is 29.9 Å². The Kier molecular flexibility index (Phi) is 4.40. The van der Waals surface area contributed by atoms with Gasteiger partial charge in [-0.2, -0.15) is 5.10 Å². The Bertz CT molecular complexity index is 421. The molecule has 2 aromatic rings. The number of hydrogen-bond donors (Lipinski definition) is 1. The van der Waals surface area contributed by atoms with E-state index in [2.05, 4.69) is 26.3 Å². The highest BCUT2D eigenvalue weighted by molar-refractivity contribution is 9.10. The van der Waals surface area contributed by atoms with Crippen molar-refractivity contribution in [3.05, 3.63) is 38.2 Å². The van der Waals surface area contributed by atoms with Crippen molar-refractivity contribution in [1.29, 1.82) is 0 Å². The monoisotopic (exact) mass is 319 g/mol. The predicted octanol–water partition coefficient (Wildman–Crippen LogP) is 3.15. The second-order valence-corrected chi connectivity index (χ2v) is 5.87. The third kappa shape index (κ3) is 3.31. The number of rotatable bonds is 5. The summed E-state index contributed by atoms with van der Waals surface area (Å²) in [7, 11) is 0. The first-order chi connectivity index (χ1) is 7.75. The van der Waals surface area contributed by atoms with Crippen molar-refractivity contribution < 1.29 is 0 Å². The van der Waals surface area contributed by atoms with E-state index in [-0.39, 0.29) is 0 Å². The van der Waals surface area contributed by atoms with Crippen molar-refractivity contribution in [2.45, 2.75) is 13.1 Å². The molecule has 0 saturated heterocycles. The van der Waals surface area contributed by atoms with Gasteiger partial charge in [-0.15, -0.1) is 11.3 Å². The van der Waals surface area contributed by atoms with E-state index in [0.717, 1.165) is 28.4 Å². The summed E-state index contributed by atoms with van der Waals surface area (Å²) in [5, 5.41) is 7.48. The van der Waals surface area contributed by atoms with Crippen molar-refractivity contribution >= 4 is 38.9 Å². The summed E-state index contributed by atoms with van der Waals surface area (Å²) in [5.41, 5.74) is 0. The molecule has 2 aromatic heterocycles. The van der Waals surface area contributed by atoms with Crippen molar-refractivity contribution in [3.8, 4) is 0 Å². The molecule has 3 nitrogen and oxygen atoms in total. The number of aromatic nitrogens is 2. The molecule has 0 saturated carbocycles. The molecule has 2 heterocycles. The molecule has 0 aliphatic heterocycles. The van der Waals surface area contributed by atoms with Gasteiger partial charge in [0.25, 0.3) is 0 Å². The van der Waals surface area contributed by atoms with Crippen molar-refractivity contribution in [2.24, 2.45) is 0 Å². The SMILES string of the molecule is Clc1sc(CNCCn2cccn2)cc1Br. The van der Waals surface area contributed by atoms with Crippen LogP contribution in [0, 0.1) is 0 Å². The van der Waals surface area contributed by atoms with E-state index in [1.807, 2.05) is 23.0 Å². The van der Waals surface area contributed by atoms with Crippen LogP contribution in [0.3, 0.4) is 0 Å². The highest BCUT2D eigenvalue weighted by Crippen LogP contribution is 2.31. The number of nitrogens with zero attached hydrogens (tertiary/aromatic N) is 2. The molecular weight excluding hydrogens is 310 g/mol. The Balaban J connectivity index is 1.72. The van der Waals surface area contributed by atoms with Crippen molar-refractivity contribution in [2.75, 3.05) is 6.54 Å². The fraction of sp³-hybridized carbons (Fsp3) is 0.300. The molecule has 86 valence electrons. The average Bonchev–Trinajstić information content (AvgIpc) is 2.85. The van der Waals surface area contributed by atoms with Gasteiger partial charge in [0.1, 0.15) is 4.34 Å². The molecule has 0 spiro atoms. The fourth-order valence-electron chi connectivity index (χ4n) is 1.32. The van der Waals surface area contributed by atoms with Crippen LogP contribution >= 0.6 is 38.9 Å². The van der Waals surface area contributed by atoms with E-state index in [1.54, 1.807) is 17.5 Å². The molecule has 0 bridgehead atoms. The predicted molar refractivity (Wildman–Crippen MR) is 71.0 cm³/mol. The van der Waals surface area contributed by atoms with E-state index in [9.17, 15) is 0 Å². The maximum absolute atomic E-state index is 5.95. The Labute approximate surface area is 112 Å². The molecule has 1 N–H and O–H groups in total. The van der Waals surface area contributed by atoms with Crippen LogP contribution in [0.5, 0.6) is 0 Å². The molecule has 6 heteroatoms. The number of nitrogens with one attached hydrogen (secondary N) is 1. The first-order valence-corrected chi connectivity index (χ1v) is 6.86. The first kappa shape index (κ1) is 12.1. The summed E-state index contributed by atoms with van der Waals surface area (Å²) in [6, 6.07) is 3.98. The summed E-state index contributed by atoms with van der Waals surface area (Å²) in [4.78, 5) is 1.23. The van der Waals surface area contributed by atoms with Crippen LogP contribution in [0.15, 0.2) is 29.0 Å². The highest BCUT2D eigenvalue weighted by Gasteiger charge is 2.03. The summed E-state index contributed by atoms with van der Waals surface area (Å²) < 4.78 is 3.69. The number of hydrogen-bond acceptors (Lipinski definition) is 3. The molecule has 0 aliphatic carbocycles. The molecule has 0 amide bonds. The largest absolute Gasteiger partial charge is 0.310 e. The van der Waals surface area contributed by atoms with Gasteiger partial charge in [-0.1, -0.05) is 11.6 Å². The van der Waals surface area contributed by atoms with E-state index >= 15 is 0 Å². The number of thiophene rings is 1. The van der Waals surface area contributed by atoms with Crippen LogP contribution in [0.25, 0.3) is 0 Å². The van der Waals surface area contributed by atoms with Crippen LogP contribution in [-0.4, -0.2) is 16.3 Å². The third-order valence-electron chi connectivity index (χ3n) is 2.07. The van der Waals surface area contributed by atoms with Gasteiger partial charge in [-0.25, -0.2) is 0 Å². The molecular formula is C10H11BrClN3S. The van der Waals surface area contributed by atoms with Crippen LogP contribution in [0.2, 0.25) is 4.34 Å². The van der Waals surface area contributed by atoms with E-state index in [4.69, 9.17) is 11.6 Å². The van der Waals surface area contributed by atoms with Gasteiger partial charge in [0, 0.05) is 34.8 Å². The Morgan fingerprint density at radius 3 is 3.06 bits per heavy atom. The molecule has 0 unspecified atom stereocenters. The lowest BCUT2D eigenvalue weighted by molar-refractivity contribution is 0.557. The molecule has 0 aliphatic rings. The van der Waals surface area contributed by atoms with Gasteiger partial charge in [-0.05, 0) is 28.1 Å². The van der Waals surface area contributed by atoms with Crippen molar-refractivity contribution in [3.63, 3.8) is 0 Å². The van der Waals surface area contributed by atoms with E-state index in [1.165, 1.54) is 4.88 Å². The van der Waals surface area contributed by atoms with Crippen LogP contribution in [-0.2, 0) is 13.1 Å². The molecule has 0 fully saturated rings. The van der Waals surface area contributed by atoms with Gasteiger partial charge in [-0.3, -0.25) is 4.68 Å².